The molecule has 0 aromatic heterocycles. The summed E-state index contributed by atoms with van der Waals surface area (Å²) >= 11 is 0.821. The first-order valence-electron chi connectivity index (χ1n) is 10.4. The third-order valence-electron chi connectivity index (χ3n) is 5.09. The predicted octanol–water partition coefficient (Wildman–Crippen LogP) is 2.35. The highest BCUT2D eigenvalue weighted by atomic mass is 32.2. The van der Waals surface area contributed by atoms with E-state index in [4.69, 9.17) is 9.88 Å². The van der Waals surface area contributed by atoms with Gasteiger partial charge in [-0.05, 0) is 33.6 Å². The Morgan fingerprint density at radius 1 is 1.34 bits per heavy atom. The van der Waals surface area contributed by atoms with Crippen LogP contribution >= 0.6 is 11.8 Å². The van der Waals surface area contributed by atoms with E-state index in [0.29, 0.717) is 0 Å². The maximum atomic E-state index is 12.6. The van der Waals surface area contributed by atoms with Gasteiger partial charge in [0.1, 0.15) is 5.60 Å². The first-order valence-corrected chi connectivity index (χ1v) is 12.7. The van der Waals surface area contributed by atoms with Crippen LogP contribution in [0.25, 0.3) is 0 Å². The fourth-order valence-corrected chi connectivity index (χ4v) is 5.89. The molecule has 194 valence electrons. The lowest BCUT2D eigenvalue weighted by atomic mass is 9.94. The minimum atomic E-state index is -4.63. The number of carbonyl (C=O) groups is 3. The number of thioether (sulfide) groups is 1. The van der Waals surface area contributed by atoms with Gasteiger partial charge in [0.15, 0.2) is 5.12 Å². The Hall–Kier alpha value is -2.91. The third-order valence-corrected chi connectivity index (χ3v) is 7.17. The fourth-order valence-electron chi connectivity index (χ4n) is 3.95. The summed E-state index contributed by atoms with van der Waals surface area (Å²) in [5.41, 5.74) is -0.961. The van der Waals surface area contributed by atoms with E-state index in [1.807, 2.05) is 0 Å². The summed E-state index contributed by atoms with van der Waals surface area (Å²) in [4.78, 5) is 48.5. The Morgan fingerprint density at radius 2 is 1.94 bits per heavy atom. The van der Waals surface area contributed by atoms with E-state index >= 15 is 0 Å². The minimum Gasteiger partial charge on any atom is -0.465 e. The number of nitro groups is 1. The van der Waals surface area contributed by atoms with Gasteiger partial charge in [-0.15, -0.1) is 0 Å². The van der Waals surface area contributed by atoms with Crippen LogP contribution in [0.1, 0.15) is 39.7 Å². The normalized spacial score (nSPS) is 20.4. The number of nitro benzene ring substituents is 1. The van der Waals surface area contributed by atoms with E-state index in [-0.39, 0.29) is 40.1 Å². The molecule has 2 rings (SSSR count). The Balaban J connectivity index is 2.47. The first-order chi connectivity index (χ1) is 15.9. The van der Waals surface area contributed by atoms with Gasteiger partial charge in [-0.2, -0.15) is 12.7 Å². The molecule has 1 aliphatic rings. The van der Waals surface area contributed by atoms with Crippen LogP contribution in [-0.2, 0) is 26.2 Å². The molecule has 1 saturated heterocycles. The van der Waals surface area contributed by atoms with Crippen molar-refractivity contribution in [1.29, 1.82) is 0 Å². The van der Waals surface area contributed by atoms with E-state index in [1.54, 1.807) is 6.07 Å². The predicted molar refractivity (Wildman–Crippen MR) is 127 cm³/mol. The number of benzene rings is 1. The lowest BCUT2D eigenvalue weighted by Gasteiger charge is -2.29. The number of hydrogen-bond acceptors (Lipinski definition) is 9. The van der Waals surface area contributed by atoms with Crippen molar-refractivity contribution in [2.75, 3.05) is 13.1 Å². The molecule has 2 atom stereocenters. The van der Waals surface area contributed by atoms with Gasteiger partial charge in [-0.3, -0.25) is 14.9 Å². The molecule has 1 aliphatic heterocycles. The molecule has 2 unspecified atom stereocenters. The van der Waals surface area contributed by atoms with Crippen LogP contribution in [0, 0.1) is 10.1 Å². The van der Waals surface area contributed by atoms with E-state index in [1.165, 1.54) is 45.9 Å². The molecule has 0 aliphatic carbocycles. The third kappa shape index (κ3) is 7.53. The van der Waals surface area contributed by atoms with Crippen molar-refractivity contribution in [2.24, 2.45) is 5.14 Å². The highest BCUT2D eigenvalue weighted by Gasteiger charge is 2.50. The standard InChI is InChI=1S/C20H28N4O9S2/c1-13(25)34-20(9-14-7-5-6-8-16(14)24(29)30)10-15(22(12-20)17(26)27)11-23(35(21,31)32)18(28)33-19(2,3)4/h5-8,15H,9-12H2,1-4H3,(H,26,27)(H2,21,31,32). The Labute approximate surface area is 206 Å². The molecule has 0 spiro atoms. The molecule has 1 aromatic rings. The number of para-hydroxylation sites is 1. The average molecular weight is 533 g/mol. The number of carbonyl (C=O) groups excluding carboxylic acids is 2. The number of amides is 2. The second-order valence-electron chi connectivity index (χ2n) is 9.16. The van der Waals surface area contributed by atoms with Gasteiger partial charge in [0, 0.05) is 29.8 Å². The summed E-state index contributed by atoms with van der Waals surface area (Å²) in [5.74, 6) is 0. The monoisotopic (exact) mass is 532 g/mol. The summed E-state index contributed by atoms with van der Waals surface area (Å²) in [6, 6.07) is 4.79. The van der Waals surface area contributed by atoms with Crippen molar-refractivity contribution in [3.05, 3.63) is 39.9 Å². The summed E-state index contributed by atoms with van der Waals surface area (Å²) in [6.07, 6.45) is -2.82. The number of hydrogen-bond donors (Lipinski definition) is 2. The quantitative estimate of drug-likeness (QED) is 0.389. The van der Waals surface area contributed by atoms with Crippen LogP contribution in [-0.4, -0.2) is 74.4 Å². The Morgan fingerprint density at radius 3 is 2.43 bits per heavy atom. The van der Waals surface area contributed by atoms with Crippen LogP contribution in [0.2, 0.25) is 0 Å². The van der Waals surface area contributed by atoms with Gasteiger partial charge in [0.2, 0.25) is 0 Å². The van der Waals surface area contributed by atoms with E-state index in [2.05, 4.69) is 0 Å². The second kappa shape index (κ2) is 10.4. The van der Waals surface area contributed by atoms with Crippen LogP contribution < -0.4 is 5.14 Å². The first kappa shape index (κ1) is 28.3. The number of ether oxygens (including phenoxy) is 1. The molecule has 1 aromatic carbocycles. The van der Waals surface area contributed by atoms with E-state index in [0.717, 1.165) is 16.7 Å². The molecule has 15 heteroatoms. The van der Waals surface area contributed by atoms with Gasteiger partial charge in [0.05, 0.1) is 17.5 Å². The maximum Gasteiger partial charge on any atom is 0.425 e. The maximum absolute atomic E-state index is 12.6. The Kier molecular flexibility index (Phi) is 8.40. The molecule has 0 saturated carbocycles. The van der Waals surface area contributed by atoms with Crippen molar-refractivity contribution in [1.82, 2.24) is 9.21 Å². The summed E-state index contributed by atoms with van der Waals surface area (Å²) in [5, 5.41) is 26.2. The van der Waals surface area contributed by atoms with Crippen molar-refractivity contribution in [3.8, 4) is 0 Å². The SMILES string of the molecule is CC(=O)SC1(Cc2ccccc2[N+](=O)[O-])CC(CN(C(=O)OC(C)(C)C)S(N)(=O)=O)N(C(=O)O)C1. The van der Waals surface area contributed by atoms with Crippen molar-refractivity contribution < 1.29 is 37.6 Å². The van der Waals surface area contributed by atoms with Crippen LogP contribution in [0.5, 0.6) is 0 Å². The number of likely N-dealkylation sites (tertiary alicyclic amines) is 1. The zero-order valence-electron chi connectivity index (χ0n) is 19.7. The lowest BCUT2D eigenvalue weighted by Crippen LogP contribution is -2.50. The smallest absolute Gasteiger partial charge is 0.425 e. The number of rotatable bonds is 7. The molecule has 3 N–H and O–H groups in total. The van der Waals surface area contributed by atoms with Crippen LogP contribution in [0.15, 0.2) is 24.3 Å². The Bertz CT molecular complexity index is 1120. The van der Waals surface area contributed by atoms with Crippen LogP contribution in [0.4, 0.5) is 15.3 Å². The molecule has 0 radical (unpaired) electrons. The average Bonchev–Trinajstić information content (AvgIpc) is 3.01. The molecule has 1 heterocycles. The minimum absolute atomic E-state index is 0.0451. The number of nitrogens with zero attached hydrogens (tertiary/aromatic N) is 3. The van der Waals surface area contributed by atoms with Gasteiger partial charge < -0.3 is 14.7 Å². The van der Waals surface area contributed by atoms with Gasteiger partial charge in [-0.25, -0.2) is 14.7 Å². The summed E-state index contributed by atoms with van der Waals surface area (Å²) < 4.78 is 28.6. The molecular formula is C20H28N4O9S2. The topological polar surface area (TPSA) is 190 Å². The summed E-state index contributed by atoms with van der Waals surface area (Å²) in [7, 11) is -4.63. The van der Waals surface area contributed by atoms with Gasteiger partial charge in [-0.1, -0.05) is 30.0 Å². The molecule has 0 bridgehead atoms. The lowest BCUT2D eigenvalue weighted by molar-refractivity contribution is -0.385. The highest BCUT2D eigenvalue weighted by molar-refractivity contribution is 8.14. The van der Waals surface area contributed by atoms with Crippen LogP contribution in [0.3, 0.4) is 0 Å². The van der Waals surface area contributed by atoms with Gasteiger partial charge >= 0.3 is 22.4 Å². The molecule has 2 amide bonds. The number of nitrogens with two attached hydrogens (primary N) is 1. The van der Waals surface area contributed by atoms with E-state index in [9.17, 15) is 38.0 Å². The molecular weight excluding hydrogens is 504 g/mol. The highest BCUT2D eigenvalue weighted by Crippen LogP contribution is 2.43. The molecule has 1 fully saturated rings. The van der Waals surface area contributed by atoms with Crippen molar-refractivity contribution in [2.45, 2.75) is 56.9 Å². The van der Waals surface area contributed by atoms with Crippen molar-refractivity contribution >= 4 is 45.0 Å². The number of carboxylic acid groups (broad SMARTS) is 1. The summed E-state index contributed by atoms with van der Waals surface area (Å²) in [6.45, 7) is 4.95. The molecule has 13 nitrogen and oxygen atoms in total. The largest absolute Gasteiger partial charge is 0.465 e. The molecule has 35 heavy (non-hydrogen) atoms. The van der Waals surface area contributed by atoms with Gasteiger partial charge in [0.25, 0.3) is 5.69 Å². The fraction of sp³-hybridized carbons (Fsp3) is 0.550. The second-order valence-corrected chi connectivity index (χ2v) is 12.3. The van der Waals surface area contributed by atoms with E-state index < -0.39 is 50.3 Å². The zero-order valence-corrected chi connectivity index (χ0v) is 21.3. The zero-order chi connectivity index (χ0) is 26.8. The van der Waals surface area contributed by atoms with Crippen molar-refractivity contribution in [3.63, 3.8) is 0 Å².